The van der Waals surface area contributed by atoms with Crippen LogP contribution in [0.15, 0.2) is 66.9 Å². The summed E-state index contributed by atoms with van der Waals surface area (Å²) in [5.74, 6) is -2.54. The molecular weight excluding hydrogens is 522 g/mol. The topological polar surface area (TPSA) is 116 Å². The van der Waals surface area contributed by atoms with Gasteiger partial charge in [-0.25, -0.2) is 4.79 Å². The van der Waals surface area contributed by atoms with Crippen LogP contribution in [0, 0.1) is 11.8 Å². The van der Waals surface area contributed by atoms with Gasteiger partial charge in [-0.1, -0.05) is 88.4 Å². The number of amides is 3. The summed E-state index contributed by atoms with van der Waals surface area (Å²) in [7, 11) is 0. The van der Waals surface area contributed by atoms with Gasteiger partial charge < -0.3 is 20.1 Å². The minimum Gasteiger partial charge on any atom is -0.461 e. The van der Waals surface area contributed by atoms with Crippen LogP contribution < -0.4 is 5.32 Å². The highest BCUT2D eigenvalue weighted by atomic mass is 16.6. The molecule has 0 radical (unpaired) electrons. The first-order valence-corrected chi connectivity index (χ1v) is 14.0. The van der Waals surface area contributed by atoms with Crippen molar-refractivity contribution in [3.63, 3.8) is 0 Å². The van der Waals surface area contributed by atoms with Gasteiger partial charge in [0, 0.05) is 12.1 Å². The van der Waals surface area contributed by atoms with Crippen LogP contribution in [0.2, 0.25) is 0 Å². The number of nitrogens with one attached hydrogen (secondary N) is 1. The number of nitrogens with zero attached hydrogens (tertiary/aromatic N) is 2. The Morgan fingerprint density at radius 2 is 1.51 bits per heavy atom. The van der Waals surface area contributed by atoms with E-state index in [4.69, 9.17) is 4.74 Å². The molecule has 1 aliphatic rings. The lowest BCUT2D eigenvalue weighted by Gasteiger charge is -2.41. The Hall–Kier alpha value is -3.98. The first-order chi connectivity index (χ1) is 19.4. The Kier molecular flexibility index (Phi) is 10.8. The molecule has 1 heterocycles. The smallest absolute Gasteiger partial charge is 0.337 e. The van der Waals surface area contributed by atoms with E-state index in [0.717, 1.165) is 5.56 Å². The van der Waals surface area contributed by atoms with Crippen molar-refractivity contribution in [2.24, 2.45) is 11.8 Å². The van der Waals surface area contributed by atoms with E-state index >= 15 is 0 Å². The van der Waals surface area contributed by atoms with Crippen molar-refractivity contribution in [3.8, 4) is 0 Å². The molecule has 3 amide bonds. The number of benzene rings is 2. The number of aliphatic hydroxyl groups excluding tert-OH is 1. The van der Waals surface area contributed by atoms with Crippen LogP contribution in [-0.2, 0) is 30.3 Å². The molecule has 2 aromatic rings. The Labute approximate surface area is 242 Å². The molecule has 0 fully saturated rings. The fourth-order valence-corrected chi connectivity index (χ4v) is 4.76. The molecule has 0 aliphatic carbocycles. The number of esters is 1. The SMILES string of the molecule is CC(C)OC(=O)C(O)[C@H](Cc1ccccc1)NC(=O)CN1C(=O)[C@@H](C(C)C)N(C(=O)C(C)C)C=C1c1ccccc1. The number of aliphatic hydroxyl groups is 1. The molecule has 0 saturated carbocycles. The van der Waals surface area contributed by atoms with Crippen LogP contribution in [0.25, 0.3) is 5.70 Å². The first-order valence-electron chi connectivity index (χ1n) is 14.0. The van der Waals surface area contributed by atoms with E-state index in [1.165, 1.54) is 9.80 Å². The molecule has 0 bridgehead atoms. The molecule has 0 saturated heterocycles. The van der Waals surface area contributed by atoms with E-state index in [1.807, 2.05) is 74.5 Å². The molecule has 2 aromatic carbocycles. The largest absolute Gasteiger partial charge is 0.461 e. The van der Waals surface area contributed by atoms with Gasteiger partial charge in [-0.15, -0.1) is 0 Å². The van der Waals surface area contributed by atoms with Crippen LogP contribution in [-0.4, -0.2) is 69.4 Å². The van der Waals surface area contributed by atoms with Gasteiger partial charge in [0.2, 0.25) is 11.8 Å². The summed E-state index contributed by atoms with van der Waals surface area (Å²) in [5, 5.41) is 13.6. The quantitative estimate of drug-likeness (QED) is 0.405. The number of carbonyl (C=O) groups excluding carboxylic acids is 4. The highest BCUT2D eigenvalue weighted by Gasteiger charge is 2.42. The highest BCUT2D eigenvalue weighted by Crippen LogP contribution is 2.31. The zero-order chi connectivity index (χ0) is 30.3. The molecular formula is C32H41N3O6. The van der Waals surface area contributed by atoms with Crippen molar-refractivity contribution in [1.29, 1.82) is 0 Å². The Morgan fingerprint density at radius 1 is 0.927 bits per heavy atom. The van der Waals surface area contributed by atoms with Crippen molar-refractivity contribution in [2.45, 2.75) is 72.3 Å². The zero-order valence-electron chi connectivity index (χ0n) is 24.6. The second-order valence-corrected chi connectivity index (χ2v) is 11.2. The Morgan fingerprint density at radius 3 is 2.05 bits per heavy atom. The van der Waals surface area contributed by atoms with Gasteiger partial charge >= 0.3 is 5.97 Å². The summed E-state index contributed by atoms with van der Waals surface area (Å²) in [6, 6.07) is 16.4. The first kappa shape index (κ1) is 31.5. The summed E-state index contributed by atoms with van der Waals surface area (Å²) in [4.78, 5) is 56.1. The molecule has 3 rings (SSSR count). The van der Waals surface area contributed by atoms with Crippen molar-refractivity contribution in [2.75, 3.05) is 6.54 Å². The van der Waals surface area contributed by atoms with E-state index in [9.17, 15) is 24.3 Å². The lowest BCUT2D eigenvalue weighted by Crippen LogP contribution is -2.58. The van der Waals surface area contributed by atoms with E-state index < -0.39 is 36.2 Å². The summed E-state index contributed by atoms with van der Waals surface area (Å²) < 4.78 is 5.20. The van der Waals surface area contributed by atoms with Crippen LogP contribution >= 0.6 is 0 Å². The van der Waals surface area contributed by atoms with Crippen molar-refractivity contribution in [1.82, 2.24) is 15.1 Å². The molecule has 1 aliphatic heterocycles. The molecule has 3 atom stereocenters. The van der Waals surface area contributed by atoms with Crippen molar-refractivity contribution < 1.29 is 29.0 Å². The van der Waals surface area contributed by atoms with Gasteiger partial charge in [-0.3, -0.25) is 19.3 Å². The maximum absolute atomic E-state index is 14.0. The number of hydrogen-bond donors (Lipinski definition) is 2. The fraction of sp³-hybridized carbons (Fsp3) is 0.438. The number of hydrogen-bond acceptors (Lipinski definition) is 6. The number of rotatable bonds is 11. The third kappa shape index (κ3) is 8.04. The summed E-state index contributed by atoms with van der Waals surface area (Å²) >= 11 is 0. The third-order valence-corrected chi connectivity index (χ3v) is 6.74. The fourth-order valence-electron chi connectivity index (χ4n) is 4.76. The second kappa shape index (κ2) is 14.1. The summed E-state index contributed by atoms with van der Waals surface area (Å²) in [6.07, 6.45) is -0.251. The normalized spacial score (nSPS) is 17.0. The minimum atomic E-state index is -1.62. The monoisotopic (exact) mass is 563 g/mol. The maximum Gasteiger partial charge on any atom is 0.337 e. The average Bonchev–Trinajstić information content (AvgIpc) is 2.93. The highest BCUT2D eigenvalue weighted by molar-refractivity contribution is 6.00. The van der Waals surface area contributed by atoms with Gasteiger partial charge in [-0.05, 0) is 37.3 Å². The minimum absolute atomic E-state index is 0.168. The number of ether oxygens (including phenoxy) is 1. The van der Waals surface area contributed by atoms with Crippen LogP contribution in [0.4, 0.5) is 0 Å². The lowest BCUT2D eigenvalue weighted by molar-refractivity contribution is -0.159. The molecule has 1 unspecified atom stereocenters. The molecule has 2 N–H and O–H groups in total. The van der Waals surface area contributed by atoms with Crippen LogP contribution in [0.5, 0.6) is 0 Å². The van der Waals surface area contributed by atoms with Gasteiger partial charge in [0.05, 0.1) is 17.8 Å². The molecule has 9 heteroatoms. The van der Waals surface area contributed by atoms with Gasteiger partial charge in [0.15, 0.2) is 6.10 Å². The standard InChI is InChI=1S/C32H41N3O6/c1-20(2)28-31(39)34(26(24-15-11-8-12-16-24)18-35(28)30(38)21(3)4)19-27(36)33-25(17-23-13-9-7-10-14-23)29(37)32(40)41-22(5)6/h7-16,18,20-22,25,28-29,37H,17,19H2,1-6H3,(H,33,36)/t25-,28+,29?/m0/s1. The molecule has 9 nitrogen and oxygen atoms in total. The van der Waals surface area contributed by atoms with Crippen molar-refractivity contribution in [3.05, 3.63) is 78.0 Å². The lowest BCUT2D eigenvalue weighted by atomic mass is 9.95. The van der Waals surface area contributed by atoms with Crippen molar-refractivity contribution >= 4 is 29.4 Å². The van der Waals surface area contributed by atoms with Gasteiger partial charge in [-0.2, -0.15) is 0 Å². The van der Waals surface area contributed by atoms with E-state index in [1.54, 1.807) is 33.9 Å². The summed E-state index contributed by atoms with van der Waals surface area (Å²) in [5.41, 5.74) is 1.88. The van der Waals surface area contributed by atoms with Gasteiger partial charge in [0.1, 0.15) is 12.6 Å². The van der Waals surface area contributed by atoms with E-state index in [-0.39, 0.29) is 36.6 Å². The molecule has 220 valence electrons. The Bertz CT molecular complexity index is 1240. The predicted octanol–water partition coefficient (Wildman–Crippen LogP) is 3.38. The second-order valence-electron chi connectivity index (χ2n) is 11.2. The average molecular weight is 564 g/mol. The Balaban J connectivity index is 1.95. The van der Waals surface area contributed by atoms with Gasteiger partial charge in [0.25, 0.3) is 5.91 Å². The predicted molar refractivity (Wildman–Crippen MR) is 156 cm³/mol. The van der Waals surface area contributed by atoms with E-state index in [2.05, 4.69) is 5.32 Å². The van der Waals surface area contributed by atoms with E-state index in [0.29, 0.717) is 11.3 Å². The van der Waals surface area contributed by atoms with Crippen LogP contribution in [0.3, 0.4) is 0 Å². The molecule has 0 spiro atoms. The number of carbonyl (C=O) groups is 4. The third-order valence-electron chi connectivity index (χ3n) is 6.74. The molecule has 0 aromatic heterocycles. The van der Waals surface area contributed by atoms with Crippen LogP contribution in [0.1, 0.15) is 52.7 Å². The molecule has 41 heavy (non-hydrogen) atoms. The zero-order valence-corrected chi connectivity index (χ0v) is 24.6. The summed E-state index contributed by atoms with van der Waals surface area (Å²) in [6.45, 7) is 10.3. The maximum atomic E-state index is 14.0.